The van der Waals surface area contributed by atoms with Gasteiger partial charge in [-0.05, 0) is 43.2 Å². The zero-order chi connectivity index (χ0) is 17.1. The van der Waals surface area contributed by atoms with Gasteiger partial charge in [0, 0.05) is 16.8 Å². The Hall–Kier alpha value is -2.94. The van der Waals surface area contributed by atoms with Gasteiger partial charge in [0.1, 0.15) is 5.75 Å². The lowest BCUT2D eigenvalue weighted by atomic mass is 9.94. The van der Waals surface area contributed by atoms with Gasteiger partial charge in [0.05, 0.1) is 12.8 Å². The Morgan fingerprint density at radius 1 is 0.958 bits per heavy atom. The van der Waals surface area contributed by atoms with E-state index in [1.54, 1.807) is 14.0 Å². The number of ether oxygens (including phenoxy) is 1. The largest absolute Gasteiger partial charge is 0.497 e. The molecular formula is C21H19NO2. The molecule has 0 N–H and O–H groups in total. The van der Waals surface area contributed by atoms with Crippen LogP contribution in [0.15, 0.2) is 60.7 Å². The van der Waals surface area contributed by atoms with Crippen molar-refractivity contribution in [1.82, 2.24) is 4.98 Å². The van der Waals surface area contributed by atoms with Crippen LogP contribution in [-0.4, -0.2) is 17.9 Å². The number of carbonyl (C=O) groups excluding carboxylic acids is 1. The summed E-state index contributed by atoms with van der Waals surface area (Å²) in [5, 5.41) is 0. The highest BCUT2D eigenvalue weighted by molar-refractivity contribution is 6.02. The second-order valence-electron chi connectivity index (χ2n) is 5.67. The highest BCUT2D eigenvalue weighted by atomic mass is 16.5. The molecule has 0 saturated carbocycles. The van der Waals surface area contributed by atoms with Gasteiger partial charge in [-0.1, -0.05) is 42.5 Å². The second kappa shape index (κ2) is 6.67. The van der Waals surface area contributed by atoms with Gasteiger partial charge in [-0.2, -0.15) is 0 Å². The van der Waals surface area contributed by atoms with Gasteiger partial charge >= 0.3 is 0 Å². The van der Waals surface area contributed by atoms with Crippen LogP contribution in [0.4, 0.5) is 0 Å². The molecule has 3 aromatic rings. The van der Waals surface area contributed by atoms with Crippen LogP contribution in [0, 0.1) is 6.92 Å². The number of aromatic nitrogens is 1. The summed E-state index contributed by atoms with van der Waals surface area (Å²) in [6.07, 6.45) is 0. The molecule has 0 radical (unpaired) electrons. The minimum absolute atomic E-state index is 0.0189. The molecular weight excluding hydrogens is 298 g/mol. The van der Waals surface area contributed by atoms with Gasteiger partial charge in [0.2, 0.25) is 0 Å². The van der Waals surface area contributed by atoms with Crippen LogP contribution < -0.4 is 4.74 Å². The minimum Gasteiger partial charge on any atom is -0.497 e. The first-order chi connectivity index (χ1) is 11.6. The molecule has 0 unspecified atom stereocenters. The molecule has 3 heteroatoms. The van der Waals surface area contributed by atoms with Crippen molar-refractivity contribution >= 4 is 5.78 Å². The molecule has 0 bridgehead atoms. The van der Waals surface area contributed by atoms with Crippen LogP contribution in [0.2, 0.25) is 0 Å². The molecule has 0 amide bonds. The third kappa shape index (κ3) is 3.06. The predicted molar refractivity (Wildman–Crippen MR) is 96.4 cm³/mol. The molecule has 0 atom stereocenters. The second-order valence-corrected chi connectivity index (χ2v) is 5.67. The van der Waals surface area contributed by atoms with Crippen molar-refractivity contribution in [2.75, 3.05) is 7.11 Å². The van der Waals surface area contributed by atoms with E-state index in [0.717, 1.165) is 33.8 Å². The van der Waals surface area contributed by atoms with E-state index in [1.165, 1.54) is 0 Å². The quantitative estimate of drug-likeness (QED) is 0.640. The third-order valence-electron chi connectivity index (χ3n) is 4.02. The predicted octanol–water partition coefficient (Wildman–Crippen LogP) is 4.94. The van der Waals surface area contributed by atoms with E-state index in [9.17, 15) is 4.79 Å². The summed E-state index contributed by atoms with van der Waals surface area (Å²) in [5.74, 6) is 0.808. The fourth-order valence-electron chi connectivity index (χ4n) is 2.87. The third-order valence-corrected chi connectivity index (χ3v) is 4.02. The van der Waals surface area contributed by atoms with E-state index in [2.05, 4.69) is 4.98 Å². The number of Topliss-reactive ketones (excluding diaryl/α,β-unsaturated/α-hetero) is 1. The van der Waals surface area contributed by atoms with Crippen molar-refractivity contribution in [2.45, 2.75) is 13.8 Å². The lowest BCUT2D eigenvalue weighted by Gasteiger charge is -2.13. The minimum atomic E-state index is 0.0189. The fraction of sp³-hybridized carbons (Fsp3) is 0.143. The maximum atomic E-state index is 12.2. The highest BCUT2D eigenvalue weighted by Gasteiger charge is 2.16. The van der Waals surface area contributed by atoms with Gasteiger partial charge in [-0.15, -0.1) is 0 Å². The first-order valence-corrected chi connectivity index (χ1v) is 7.82. The van der Waals surface area contributed by atoms with E-state index >= 15 is 0 Å². The first kappa shape index (κ1) is 15.9. The number of ketones is 1. The van der Waals surface area contributed by atoms with Crippen LogP contribution in [0.5, 0.6) is 5.75 Å². The van der Waals surface area contributed by atoms with Gasteiger partial charge in [-0.3, -0.25) is 9.78 Å². The standard InChI is InChI=1S/C21H19NO2/c1-14-21(15(2)23)19(16-9-11-18(24-3)12-10-16)13-20(22-14)17-7-5-4-6-8-17/h4-13H,1-3H3. The molecule has 3 nitrogen and oxygen atoms in total. The number of benzene rings is 2. The van der Waals surface area contributed by atoms with Crippen LogP contribution >= 0.6 is 0 Å². The summed E-state index contributed by atoms with van der Waals surface area (Å²) >= 11 is 0. The Morgan fingerprint density at radius 2 is 1.62 bits per heavy atom. The average Bonchev–Trinajstić information content (AvgIpc) is 2.61. The summed E-state index contributed by atoms with van der Waals surface area (Å²) in [6.45, 7) is 3.47. The Morgan fingerprint density at radius 3 is 2.21 bits per heavy atom. The number of pyridine rings is 1. The zero-order valence-corrected chi connectivity index (χ0v) is 14.0. The summed E-state index contributed by atoms with van der Waals surface area (Å²) in [5.41, 5.74) is 5.18. The van der Waals surface area contributed by atoms with E-state index < -0.39 is 0 Å². The average molecular weight is 317 g/mol. The Balaban J connectivity index is 2.21. The van der Waals surface area contributed by atoms with E-state index in [-0.39, 0.29) is 5.78 Å². The molecule has 2 aromatic carbocycles. The number of aryl methyl sites for hydroxylation is 1. The molecule has 0 aliphatic carbocycles. The maximum absolute atomic E-state index is 12.2. The SMILES string of the molecule is COc1ccc(-c2cc(-c3ccccc3)nc(C)c2C(C)=O)cc1. The molecule has 0 fully saturated rings. The smallest absolute Gasteiger partial charge is 0.162 e. The van der Waals surface area contributed by atoms with Crippen molar-refractivity contribution in [3.05, 3.63) is 71.9 Å². The van der Waals surface area contributed by atoms with E-state index in [1.807, 2.05) is 67.6 Å². The molecule has 0 aliphatic heterocycles. The molecule has 1 heterocycles. The molecule has 3 rings (SSSR count). The number of hydrogen-bond donors (Lipinski definition) is 0. The highest BCUT2D eigenvalue weighted by Crippen LogP contribution is 2.31. The number of hydrogen-bond acceptors (Lipinski definition) is 3. The summed E-state index contributed by atoms with van der Waals surface area (Å²) in [7, 11) is 1.64. The van der Waals surface area contributed by atoms with E-state index in [0.29, 0.717) is 5.56 Å². The van der Waals surface area contributed by atoms with Gasteiger partial charge in [0.25, 0.3) is 0 Å². The lowest BCUT2D eigenvalue weighted by molar-refractivity contribution is 0.101. The molecule has 0 saturated heterocycles. The normalized spacial score (nSPS) is 10.5. The van der Waals surface area contributed by atoms with Crippen molar-refractivity contribution in [2.24, 2.45) is 0 Å². The van der Waals surface area contributed by atoms with Gasteiger partial charge in [-0.25, -0.2) is 0 Å². The molecule has 0 aliphatic rings. The van der Waals surface area contributed by atoms with Crippen molar-refractivity contribution < 1.29 is 9.53 Å². The molecule has 0 spiro atoms. The summed E-state index contributed by atoms with van der Waals surface area (Å²) < 4.78 is 5.22. The van der Waals surface area contributed by atoms with Crippen LogP contribution in [0.3, 0.4) is 0 Å². The number of nitrogens with zero attached hydrogens (tertiary/aromatic N) is 1. The first-order valence-electron chi connectivity index (χ1n) is 7.82. The van der Waals surface area contributed by atoms with Crippen molar-refractivity contribution in [3.8, 4) is 28.1 Å². The number of carbonyl (C=O) groups is 1. The maximum Gasteiger partial charge on any atom is 0.162 e. The Kier molecular flexibility index (Phi) is 4.43. The topological polar surface area (TPSA) is 39.2 Å². The van der Waals surface area contributed by atoms with Crippen LogP contribution in [0.1, 0.15) is 23.0 Å². The van der Waals surface area contributed by atoms with Crippen molar-refractivity contribution in [3.63, 3.8) is 0 Å². The number of rotatable bonds is 4. The Labute approximate surface area is 142 Å². The number of methoxy groups -OCH3 is 1. The van der Waals surface area contributed by atoms with Crippen LogP contribution in [0.25, 0.3) is 22.4 Å². The van der Waals surface area contributed by atoms with Gasteiger partial charge < -0.3 is 4.74 Å². The summed E-state index contributed by atoms with van der Waals surface area (Å²) in [6, 6.07) is 19.7. The molecule has 120 valence electrons. The van der Waals surface area contributed by atoms with Crippen LogP contribution in [-0.2, 0) is 0 Å². The molecule has 1 aromatic heterocycles. The zero-order valence-electron chi connectivity index (χ0n) is 14.0. The van der Waals surface area contributed by atoms with E-state index in [4.69, 9.17) is 4.74 Å². The van der Waals surface area contributed by atoms with Crippen molar-refractivity contribution in [1.29, 1.82) is 0 Å². The fourth-order valence-corrected chi connectivity index (χ4v) is 2.87. The van der Waals surface area contributed by atoms with Gasteiger partial charge in [0.15, 0.2) is 5.78 Å². The monoisotopic (exact) mass is 317 g/mol. The summed E-state index contributed by atoms with van der Waals surface area (Å²) in [4.78, 5) is 16.8. The molecule has 24 heavy (non-hydrogen) atoms. The Bertz CT molecular complexity index is 868. The lowest BCUT2D eigenvalue weighted by Crippen LogP contribution is -2.03.